The van der Waals surface area contributed by atoms with Crippen LogP contribution >= 0.6 is 0 Å². The molecular formula is C29H29F3N6O. The number of carbonyl (C=O) groups excluding carboxylic acids is 1. The minimum Gasteiger partial charge on any atom is -0.399 e. The molecule has 0 aliphatic heterocycles. The van der Waals surface area contributed by atoms with E-state index in [9.17, 15) is 18.0 Å². The quantitative estimate of drug-likeness (QED) is 0.264. The molecule has 1 aromatic heterocycles. The van der Waals surface area contributed by atoms with E-state index in [2.05, 4.69) is 22.4 Å². The first kappa shape index (κ1) is 26.5. The van der Waals surface area contributed by atoms with Crippen molar-refractivity contribution in [1.29, 1.82) is 0 Å². The second-order valence-electron chi connectivity index (χ2n) is 9.74. The Morgan fingerprint density at radius 3 is 2.44 bits per heavy atom. The topological polar surface area (TPSA) is 102 Å². The first-order valence-electron chi connectivity index (χ1n) is 12.6. The Hall–Kier alpha value is -4.15. The number of nitrogens with one attached hydrogen (secondary N) is 1. The van der Waals surface area contributed by atoms with E-state index in [-0.39, 0.29) is 18.3 Å². The van der Waals surface area contributed by atoms with E-state index in [4.69, 9.17) is 11.5 Å². The van der Waals surface area contributed by atoms with Crippen LogP contribution in [0.15, 0.2) is 78.9 Å². The van der Waals surface area contributed by atoms with Crippen molar-refractivity contribution >= 4 is 17.3 Å². The zero-order valence-electron chi connectivity index (χ0n) is 21.3. The maximum Gasteiger partial charge on any atom is 0.435 e. The van der Waals surface area contributed by atoms with Crippen LogP contribution in [0.2, 0.25) is 0 Å². The number of carbonyl (C=O) groups is 1. The van der Waals surface area contributed by atoms with E-state index in [1.807, 2.05) is 42.5 Å². The van der Waals surface area contributed by atoms with Crippen molar-refractivity contribution < 1.29 is 18.0 Å². The Morgan fingerprint density at radius 2 is 1.77 bits per heavy atom. The molecule has 39 heavy (non-hydrogen) atoms. The molecule has 1 heterocycles. The molecule has 4 aromatic rings. The lowest BCUT2D eigenvalue weighted by atomic mass is 9.96. The largest absolute Gasteiger partial charge is 0.435 e. The van der Waals surface area contributed by atoms with Crippen molar-refractivity contribution in [3.63, 3.8) is 0 Å². The fourth-order valence-electron chi connectivity index (χ4n) is 4.71. The maximum atomic E-state index is 13.6. The van der Waals surface area contributed by atoms with Crippen LogP contribution in [0.5, 0.6) is 0 Å². The Labute approximate surface area is 224 Å². The number of amides is 1. The van der Waals surface area contributed by atoms with Gasteiger partial charge in [-0.25, -0.2) is 4.68 Å². The highest BCUT2D eigenvalue weighted by molar-refractivity contribution is 6.03. The minimum atomic E-state index is -4.72. The van der Waals surface area contributed by atoms with Gasteiger partial charge in [0.1, 0.15) is 5.69 Å². The second kappa shape index (κ2) is 10.5. The summed E-state index contributed by atoms with van der Waals surface area (Å²) < 4.78 is 41.7. The van der Waals surface area contributed by atoms with Crippen LogP contribution in [0.4, 0.5) is 24.5 Å². The smallest absolute Gasteiger partial charge is 0.399 e. The molecule has 1 fully saturated rings. The highest BCUT2D eigenvalue weighted by atomic mass is 19.4. The molecule has 1 saturated carbocycles. The molecule has 0 saturated heterocycles. The standard InChI is InChI=1S/C29H29F3N6O/c1-37(23-12-13-23)27(19-8-10-21(34)11-9-19)20-5-3-6-22(15-20)35-28(39)25-16-26(29(30,31)32)36-38(25)24-7-2-4-18(14-24)17-33/h2-11,14-16,23,27H,12-13,17,33-34H2,1H3,(H,35,39). The molecule has 0 radical (unpaired) electrons. The monoisotopic (exact) mass is 534 g/mol. The average Bonchev–Trinajstić information content (AvgIpc) is 3.66. The lowest BCUT2D eigenvalue weighted by Crippen LogP contribution is -2.27. The Balaban J connectivity index is 1.48. The summed E-state index contributed by atoms with van der Waals surface area (Å²) in [5.41, 5.74) is 14.3. The molecule has 0 bridgehead atoms. The van der Waals surface area contributed by atoms with Gasteiger partial charge in [-0.1, -0.05) is 36.4 Å². The maximum absolute atomic E-state index is 13.6. The van der Waals surface area contributed by atoms with Crippen LogP contribution in [-0.2, 0) is 12.7 Å². The molecule has 1 unspecified atom stereocenters. The summed E-state index contributed by atoms with van der Waals surface area (Å²) in [6.45, 7) is 0.194. The van der Waals surface area contributed by atoms with Crippen LogP contribution in [0.3, 0.4) is 0 Å². The summed E-state index contributed by atoms with van der Waals surface area (Å²) in [7, 11) is 2.07. The fourth-order valence-corrected chi connectivity index (χ4v) is 4.71. The van der Waals surface area contributed by atoms with Crippen LogP contribution in [-0.4, -0.2) is 33.7 Å². The lowest BCUT2D eigenvalue weighted by molar-refractivity contribution is -0.141. The van der Waals surface area contributed by atoms with Gasteiger partial charge in [0, 0.05) is 30.0 Å². The second-order valence-corrected chi connectivity index (χ2v) is 9.74. The predicted octanol–water partition coefficient (Wildman–Crippen LogP) is 5.37. The summed E-state index contributed by atoms with van der Waals surface area (Å²) in [6.07, 6.45) is -2.50. The van der Waals surface area contributed by atoms with Crippen molar-refractivity contribution in [2.45, 2.75) is 37.6 Å². The average molecular weight is 535 g/mol. The number of nitrogens with two attached hydrogens (primary N) is 2. The van der Waals surface area contributed by atoms with Gasteiger partial charge in [-0.15, -0.1) is 0 Å². The van der Waals surface area contributed by atoms with E-state index in [0.717, 1.165) is 34.7 Å². The van der Waals surface area contributed by atoms with Crippen molar-refractivity contribution in [2.24, 2.45) is 5.73 Å². The Kier molecular flexibility index (Phi) is 7.16. The number of aromatic nitrogens is 2. The lowest BCUT2D eigenvalue weighted by Gasteiger charge is -2.29. The number of halogens is 3. The number of hydrogen-bond acceptors (Lipinski definition) is 5. The third kappa shape index (κ3) is 5.81. The Morgan fingerprint density at radius 1 is 1.05 bits per heavy atom. The molecule has 1 atom stereocenters. The Bertz CT molecular complexity index is 1480. The van der Waals surface area contributed by atoms with Crippen molar-refractivity contribution in [3.8, 4) is 5.69 Å². The zero-order valence-corrected chi connectivity index (χ0v) is 21.3. The summed E-state index contributed by atoms with van der Waals surface area (Å²) in [5, 5.41) is 6.48. The fraction of sp³-hybridized carbons (Fsp3) is 0.241. The molecule has 1 aliphatic rings. The van der Waals surface area contributed by atoms with Gasteiger partial charge in [0.25, 0.3) is 5.91 Å². The van der Waals surface area contributed by atoms with E-state index in [1.54, 1.807) is 30.3 Å². The normalized spacial score (nSPS) is 14.4. The van der Waals surface area contributed by atoms with Gasteiger partial charge in [-0.3, -0.25) is 9.69 Å². The molecule has 1 aliphatic carbocycles. The third-order valence-corrected chi connectivity index (χ3v) is 6.87. The predicted molar refractivity (Wildman–Crippen MR) is 144 cm³/mol. The summed E-state index contributed by atoms with van der Waals surface area (Å²) in [4.78, 5) is 15.6. The van der Waals surface area contributed by atoms with Gasteiger partial charge in [-0.2, -0.15) is 18.3 Å². The highest BCUT2D eigenvalue weighted by Crippen LogP contribution is 2.38. The van der Waals surface area contributed by atoms with Crippen molar-refractivity contribution in [3.05, 3.63) is 107 Å². The third-order valence-electron chi connectivity index (χ3n) is 6.87. The number of nitrogen functional groups attached to an aromatic ring is 1. The van der Waals surface area contributed by atoms with Gasteiger partial charge in [0.15, 0.2) is 5.69 Å². The number of hydrogen-bond donors (Lipinski definition) is 3. The van der Waals surface area contributed by atoms with Crippen LogP contribution < -0.4 is 16.8 Å². The molecule has 0 spiro atoms. The van der Waals surface area contributed by atoms with E-state index >= 15 is 0 Å². The first-order valence-corrected chi connectivity index (χ1v) is 12.6. The first-order chi connectivity index (χ1) is 18.6. The van der Waals surface area contributed by atoms with E-state index < -0.39 is 17.8 Å². The zero-order chi connectivity index (χ0) is 27.7. The SMILES string of the molecule is CN(C1CC1)C(c1ccc(N)cc1)c1cccc(NC(=O)c2cc(C(F)(F)F)nn2-c2cccc(CN)c2)c1. The van der Waals surface area contributed by atoms with Gasteiger partial charge >= 0.3 is 6.18 Å². The van der Waals surface area contributed by atoms with Gasteiger partial charge < -0.3 is 16.8 Å². The van der Waals surface area contributed by atoms with Crippen molar-refractivity contribution in [1.82, 2.24) is 14.7 Å². The molecule has 202 valence electrons. The number of nitrogens with zero attached hydrogens (tertiary/aromatic N) is 3. The molecule has 5 N–H and O–H groups in total. The number of anilines is 2. The molecule has 10 heteroatoms. The number of benzene rings is 3. The molecular weight excluding hydrogens is 505 g/mol. The minimum absolute atomic E-state index is 0.0867. The number of alkyl halides is 3. The summed E-state index contributed by atoms with van der Waals surface area (Å²) in [6, 6.07) is 22.7. The molecule has 5 rings (SSSR count). The molecule has 7 nitrogen and oxygen atoms in total. The van der Waals surface area contributed by atoms with Gasteiger partial charge in [-0.05, 0) is 73.0 Å². The highest BCUT2D eigenvalue weighted by Gasteiger charge is 2.36. The molecule has 1 amide bonds. The van der Waals surface area contributed by atoms with E-state index in [1.165, 1.54) is 0 Å². The van der Waals surface area contributed by atoms with Gasteiger partial charge in [0.2, 0.25) is 0 Å². The summed E-state index contributed by atoms with van der Waals surface area (Å²) >= 11 is 0. The van der Waals surface area contributed by atoms with Crippen LogP contribution in [0, 0.1) is 0 Å². The van der Waals surface area contributed by atoms with Gasteiger partial charge in [0.05, 0.1) is 11.7 Å². The molecule has 3 aromatic carbocycles. The van der Waals surface area contributed by atoms with Crippen molar-refractivity contribution in [2.75, 3.05) is 18.1 Å². The van der Waals surface area contributed by atoms with E-state index in [0.29, 0.717) is 28.7 Å². The number of rotatable bonds is 8. The van der Waals surface area contributed by atoms with Crippen LogP contribution in [0.1, 0.15) is 51.8 Å². The van der Waals surface area contributed by atoms with Crippen LogP contribution in [0.25, 0.3) is 5.69 Å². The summed E-state index contributed by atoms with van der Waals surface area (Å²) in [5.74, 6) is -0.715.